The van der Waals surface area contributed by atoms with Crippen LogP contribution in [0.1, 0.15) is 5.69 Å². The van der Waals surface area contributed by atoms with Gasteiger partial charge in [0.25, 0.3) is 0 Å². The van der Waals surface area contributed by atoms with Gasteiger partial charge >= 0.3 is 0 Å². The van der Waals surface area contributed by atoms with Crippen LogP contribution in [0.4, 0.5) is 5.69 Å². The molecule has 0 aliphatic carbocycles. The molecule has 0 bridgehead atoms. The number of rotatable bonds is 4. The maximum absolute atomic E-state index is 5.77. The molecule has 0 spiro atoms. The molecule has 100 valence electrons. The zero-order valence-corrected chi connectivity index (χ0v) is 11.0. The molecule has 5 nitrogen and oxygen atoms in total. The molecule has 2 N–H and O–H groups in total. The highest BCUT2D eigenvalue weighted by Crippen LogP contribution is 2.16. The van der Waals surface area contributed by atoms with Crippen molar-refractivity contribution in [2.45, 2.75) is 13.0 Å². The Morgan fingerprint density at radius 2 is 2.00 bits per heavy atom. The normalized spacial score (nSPS) is 10.6. The third kappa shape index (κ3) is 2.83. The Hall–Kier alpha value is -2.69. The van der Waals surface area contributed by atoms with E-state index in [-0.39, 0.29) is 0 Å². The second-order valence-electron chi connectivity index (χ2n) is 4.53. The van der Waals surface area contributed by atoms with E-state index in [4.69, 9.17) is 5.73 Å². The highest BCUT2D eigenvalue weighted by atomic mass is 15.3. The smallest absolute Gasteiger partial charge is 0.181 e. The second-order valence-corrected chi connectivity index (χ2v) is 4.53. The van der Waals surface area contributed by atoms with Crippen molar-refractivity contribution in [1.82, 2.24) is 19.7 Å². The summed E-state index contributed by atoms with van der Waals surface area (Å²) >= 11 is 0. The molecule has 0 aliphatic heterocycles. The van der Waals surface area contributed by atoms with Crippen LogP contribution in [-0.4, -0.2) is 19.7 Å². The quantitative estimate of drug-likeness (QED) is 0.734. The molecule has 20 heavy (non-hydrogen) atoms. The van der Waals surface area contributed by atoms with E-state index in [1.165, 1.54) is 0 Å². The van der Waals surface area contributed by atoms with Crippen LogP contribution in [0.25, 0.3) is 11.4 Å². The minimum atomic E-state index is 0.693. The van der Waals surface area contributed by atoms with Crippen molar-refractivity contribution in [3.8, 4) is 11.4 Å². The van der Waals surface area contributed by atoms with Crippen LogP contribution in [0.15, 0.2) is 55.0 Å². The number of aromatic nitrogens is 4. The van der Waals surface area contributed by atoms with Gasteiger partial charge < -0.3 is 5.73 Å². The lowest BCUT2D eigenvalue weighted by molar-refractivity contribution is 0.608. The first-order valence-corrected chi connectivity index (χ1v) is 6.46. The van der Waals surface area contributed by atoms with Crippen molar-refractivity contribution in [2.75, 3.05) is 5.73 Å². The Morgan fingerprint density at radius 1 is 1.05 bits per heavy atom. The zero-order chi connectivity index (χ0) is 13.8. The van der Waals surface area contributed by atoms with Crippen LogP contribution in [-0.2, 0) is 13.0 Å². The minimum absolute atomic E-state index is 0.693. The Kier molecular flexibility index (Phi) is 3.41. The van der Waals surface area contributed by atoms with E-state index in [2.05, 4.69) is 15.1 Å². The fourth-order valence-corrected chi connectivity index (χ4v) is 1.99. The summed E-state index contributed by atoms with van der Waals surface area (Å²) in [6.07, 6.45) is 4.37. The molecule has 3 rings (SSSR count). The number of aryl methyl sites for hydroxylation is 2. The van der Waals surface area contributed by atoms with Gasteiger partial charge in [-0.05, 0) is 24.3 Å². The first-order valence-electron chi connectivity index (χ1n) is 6.46. The standard InChI is InChI=1S/C15H15N5/c16-13-5-3-4-12(10-13)15-18-11-20(19-15)9-7-14-6-1-2-8-17-14/h1-6,8,10-11H,7,9,16H2. The van der Waals surface area contributed by atoms with E-state index in [0.29, 0.717) is 11.5 Å². The predicted octanol–water partition coefficient (Wildman–Crippen LogP) is 2.17. The molecule has 0 radical (unpaired) electrons. The number of nitrogens with two attached hydrogens (primary N) is 1. The summed E-state index contributed by atoms with van der Waals surface area (Å²) in [4.78, 5) is 8.61. The Labute approximate surface area is 117 Å². The topological polar surface area (TPSA) is 69.6 Å². The van der Waals surface area contributed by atoms with Crippen molar-refractivity contribution in [3.05, 3.63) is 60.7 Å². The largest absolute Gasteiger partial charge is 0.399 e. The maximum Gasteiger partial charge on any atom is 0.181 e. The predicted molar refractivity (Wildman–Crippen MR) is 77.8 cm³/mol. The van der Waals surface area contributed by atoms with Crippen LogP contribution >= 0.6 is 0 Å². The molecule has 2 heterocycles. The van der Waals surface area contributed by atoms with E-state index >= 15 is 0 Å². The molecular weight excluding hydrogens is 250 g/mol. The van der Waals surface area contributed by atoms with Crippen molar-refractivity contribution < 1.29 is 0 Å². The number of hydrogen-bond acceptors (Lipinski definition) is 4. The first kappa shape index (κ1) is 12.3. The van der Waals surface area contributed by atoms with E-state index in [1.807, 2.05) is 47.1 Å². The molecule has 2 aromatic heterocycles. The van der Waals surface area contributed by atoms with E-state index in [9.17, 15) is 0 Å². The van der Waals surface area contributed by atoms with Crippen LogP contribution in [0.2, 0.25) is 0 Å². The van der Waals surface area contributed by atoms with Gasteiger partial charge in [-0.25, -0.2) is 4.98 Å². The van der Waals surface area contributed by atoms with Gasteiger partial charge in [0, 0.05) is 36.1 Å². The summed E-state index contributed by atoms with van der Waals surface area (Å²) < 4.78 is 1.83. The first-order chi connectivity index (χ1) is 9.81. The van der Waals surface area contributed by atoms with Crippen LogP contribution < -0.4 is 5.73 Å². The highest BCUT2D eigenvalue weighted by Gasteiger charge is 2.04. The SMILES string of the molecule is Nc1cccc(-c2ncn(CCc3ccccn3)n2)c1. The molecular formula is C15H15N5. The monoisotopic (exact) mass is 265 g/mol. The molecule has 3 aromatic rings. The van der Waals surface area contributed by atoms with Gasteiger partial charge in [0.2, 0.25) is 0 Å². The van der Waals surface area contributed by atoms with Gasteiger partial charge in [0.05, 0.1) is 0 Å². The summed E-state index contributed by atoms with van der Waals surface area (Å²) in [5.41, 5.74) is 8.46. The van der Waals surface area contributed by atoms with Crippen molar-refractivity contribution in [3.63, 3.8) is 0 Å². The Balaban J connectivity index is 1.71. The average molecular weight is 265 g/mol. The third-order valence-corrected chi connectivity index (χ3v) is 3.00. The number of nitrogens with zero attached hydrogens (tertiary/aromatic N) is 4. The maximum atomic E-state index is 5.77. The van der Waals surface area contributed by atoms with E-state index in [1.54, 1.807) is 12.5 Å². The Morgan fingerprint density at radius 3 is 2.80 bits per heavy atom. The summed E-state index contributed by atoms with van der Waals surface area (Å²) in [6, 6.07) is 13.5. The number of pyridine rings is 1. The lowest BCUT2D eigenvalue weighted by Gasteiger charge is -2.00. The van der Waals surface area contributed by atoms with Crippen LogP contribution in [0, 0.1) is 0 Å². The molecule has 0 saturated heterocycles. The third-order valence-electron chi connectivity index (χ3n) is 3.00. The molecule has 0 atom stereocenters. The van der Waals surface area contributed by atoms with Crippen molar-refractivity contribution >= 4 is 5.69 Å². The zero-order valence-electron chi connectivity index (χ0n) is 11.0. The van der Waals surface area contributed by atoms with Crippen LogP contribution in [0.5, 0.6) is 0 Å². The fraction of sp³-hybridized carbons (Fsp3) is 0.133. The molecule has 0 unspecified atom stereocenters. The molecule has 0 aliphatic rings. The van der Waals surface area contributed by atoms with E-state index < -0.39 is 0 Å². The number of nitrogen functional groups attached to an aromatic ring is 1. The molecule has 0 amide bonds. The van der Waals surface area contributed by atoms with Gasteiger partial charge in [-0.1, -0.05) is 18.2 Å². The lowest BCUT2D eigenvalue weighted by atomic mass is 10.2. The van der Waals surface area contributed by atoms with Gasteiger partial charge in [-0.15, -0.1) is 0 Å². The molecule has 0 fully saturated rings. The number of anilines is 1. The second kappa shape index (κ2) is 5.52. The Bertz CT molecular complexity index is 690. The summed E-state index contributed by atoms with van der Waals surface area (Å²) in [6.45, 7) is 0.756. The van der Waals surface area contributed by atoms with Crippen molar-refractivity contribution in [2.24, 2.45) is 0 Å². The molecule has 5 heteroatoms. The fourth-order valence-electron chi connectivity index (χ4n) is 1.99. The van der Waals surface area contributed by atoms with Gasteiger partial charge in [-0.3, -0.25) is 9.67 Å². The number of benzene rings is 1. The van der Waals surface area contributed by atoms with Gasteiger partial charge in [0.15, 0.2) is 5.82 Å². The van der Waals surface area contributed by atoms with E-state index in [0.717, 1.165) is 24.2 Å². The van der Waals surface area contributed by atoms with Gasteiger partial charge in [-0.2, -0.15) is 5.10 Å². The van der Waals surface area contributed by atoms with Gasteiger partial charge in [0.1, 0.15) is 6.33 Å². The number of hydrogen-bond donors (Lipinski definition) is 1. The highest BCUT2D eigenvalue weighted by molar-refractivity contribution is 5.60. The molecule has 0 saturated carbocycles. The van der Waals surface area contributed by atoms with Crippen molar-refractivity contribution in [1.29, 1.82) is 0 Å². The lowest BCUT2D eigenvalue weighted by Crippen LogP contribution is -2.03. The summed E-state index contributed by atoms with van der Waals surface area (Å²) in [7, 11) is 0. The molecule has 1 aromatic carbocycles. The average Bonchev–Trinajstić information content (AvgIpc) is 2.95. The van der Waals surface area contributed by atoms with Crippen LogP contribution in [0.3, 0.4) is 0 Å². The summed E-state index contributed by atoms with van der Waals surface area (Å²) in [5, 5.41) is 4.46. The summed E-state index contributed by atoms with van der Waals surface area (Å²) in [5.74, 6) is 0.693. The minimum Gasteiger partial charge on any atom is -0.399 e.